The van der Waals surface area contributed by atoms with Crippen LogP contribution in [0.2, 0.25) is 5.02 Å². The third kappa shape index (κ3) is 2.86. The van der Waals surface area contributed by atoms with Crippen molar-refractivity contribution in [1.29, 1.82) is 5.26 Å². The predicted molar refractivity (Wildman–Crippen MR) is 120 cm³/mol. The fraction of sp³-hybridized carbons (Fsp3) is 0.250. The molecule has 2 aliphatic rings. The van der Waals surface area contributed by atoms with Crippen LogP contribution in [0.15, 0.2) is 77.5 Å². The van der Waals surface area contributed by atoms with E-state index in [9.17, 15) is 10.4 Å². The Hall–Kier alpha value is -2.39. The van der Waals surface area contributed by atoms with Crippen molar-refractivity contribution in [3.05, 3.63) is 93.7 Å². The maximum Gasteiger partial charge on any atom is 0.176 e. The number of nitriles is 1. The van der Waals surface area contributed by atoms with Gasteiger partial charge in [-0.25, -0.2) is 0 Å². The summed E-state index contributed by atoms with van der Waals surface area (Å²) in [6.07, 6.45) is 7.46. The molecule has 1 aliphatic carbocycles. The molecule has 1 N–H and O–H groups in total. The summed E-state index contributed by atoms with van der Waals surface area (Å²) >= 11 is 9.63. The van der Waals surface area contributed by atoms with Crippen molar-refractivity contribution in [1.82, 2.24) is 4.98 Å². The van der Waals surface area contributed by atoms with Gasteiger partial charge in [0.15, 0.2) is 11.2 Å². The molecule has 4 nitrogen and oxygen atoms in total. The zero-order valence-electron chi connectivity index (χ0n) is 16.3. The largest absolute Gasteiger partial charge is 0.476 e. The quantitative estimate of drug-likeness (QED) is 0.559. The van der Waals surface area contributed by atoms with Gasteiger partial charge in [0.2, 0.25) is 0 Å². The highest BCUT2D eigenvalue weighted by Crippen LogP contribution is 2.66. The molecule has 4 rings (SSSR count). The molecular weight excluding hydrogens is 464 g/mol. The van der Waals surface area contributed by atoms with Crippen molar-refractivity contribution >= 4 is 27.5 Å². The Labute approximate surface area is 189 Å². The molecule has 4 atom stereocenters. The van der Waals surface area contributed by atoms with Crippen LogP contribution in [0.5, 0.6) is 5.75 Å². The lowest BCUT2D eigenvalue weighted by atomic mass is 9.71. The number of halogens is 2. The van der Waals surface area contributed by atoms with Crippen LogP contribution < -0.4 is 4.74 Å². The number of fused-ring (bicyclic) bond motifs is 3. The first-order chi connectivity index (χ1) is 14.4. The SMILES string of the molecule is C=C(/C=C\C(Br)=C/C)[C@@]12Oc3cc(Cl)cnc3[C@]1(O)[C@@H](C#N)C[C@H]2c1ccccc1. The smallest absolute Gasteiger partial charge is 0.176 e. The van der Waals surface area contributed by atoms with Crippen LogP contribution in [-0.4, -0.2) is 15.7 Å². The molecule has 2 heterocycles. The first-order valence-electron chi connectivity index (χ1n) is 9.59. The van der Waals surface area contributed by atoms with Gasteiger partial charge in [0.1, 0.15) is 11.4 Å². The molecule has 1 aliphatic heterocycles. The van der Waals surface area contributed by atoms with Crippen molar-refractivity contribution in [3.63, 3.8) is 0 Å². The molecule has 0 unspecified atom stereocenters. The Morgan fingerprint density at radius 1 is 1.40 bits per heavy atom. The molecule has 1 aromatic heterocycles. The zero-order chi connectivity index (χ0) is 21.5. The lowest BCUT2D eigenvalue weighted by Gasteiger charge is -2.40. The lowest BCUT2D eigenvalue weighted by molar-refractivity contribution is -0.0907. The highest BCUT2D eigenvalue weighted by atomic mass is 79.9. The average molecular weight is 484 g/mol. The van der Waals surface area contributed by atoms with Gasteiger partial charge in [-0.3, -0.25) is 4.98 Å². The number of rotatable bonds is 4. The van der Waals surface area contributed by atoms with E-state index in [0.29, 0.717) is 28.5 Å². The molecule has 0 saturated heterocycles. The third-order valence-electron chi connectivity index (χ3n) is 6.04. The first kappa shape index (κ1) is 20.9. The number of benzene rings is 1. The summed E-state index contributed by atoms with van der Waals surface area (Å²) in [7, 11) is 0. The molecule has 0 amide bonds. The van der Waals surface area contributed by atoms with Gasteiger partial charge >= 0.3 is 0 Å². The topological polar surface area (TPSA) is 66.1 Å². The molecule has 1 fully saturated rings. The van der Waals surface area contributed by atoms with Gasteiger partial charge in [0.05, 0.1) is 17.0 Å². The summed E-state index contributed by atoms with van der Waals surface area (Å²) in [5, 5.41) is 22.5. The van der Waals surface area contributed by atoms with Gasteiger partial charge in [0, 0.05) is 22.7 Å². The number of ether oxygens (including phenoxy) is 1. The fourth-order valence-electron chi connectivity index (χ4n) is 4.68. The molecule has 0 spiro atoms. The van der Waals surface area contributed by atoms with Crippen LogP contribution in [0, 0.1) is 17.2 Å². The van der Waals surface area contributed by atoms with E-state index in [0.717, 1.165) is 10.0 Å². The fourth-order valence-corrected chi connectivity index (χ4v) is 4.96. The summed E-state index contributed by atoms with van der Waals surface area (Å²) in [6.45, 7) is 6.19. The van der Waals surface area contributed by atoms with E-state index in [4.69, 9.17) is 16.3 Å². The Kier molecular flexibility index (Phi) is 5.36. The van der Waals surface area contributed by atoms with Crippen molar-refractivity contribution in [3.8, 4) is 11.8 Å². The Bertz CT molecular complexity index is 1110. The summed E-state index contributed by atoms with van der Waals surface area (Å²) in [5.74, 6) is -0.652. The van der Waals surface area contributed by atoms with Gasteiger partial charge in [0.25, 0.3) is 0 Å². The predicted octanol–water partition coefficient (Wildman–Crippen LogP) is 5.79. The standard InChI is InChI=1S/C24H20BrClN2O2/c1-3-18(25)10-9-15(2)24-20(16-7-5-4-6-8-16)11-17(13-27)23(24,29)22-21(30-24)12-19(26)14-28-22/h3-10,12,14,17,20,29H,2,11H2,1H3/b10-9-,18-3+/t17-,20+,23-,24+/m1/s1. The minimum Gasteiger partial charge on any atom is -0.476 e. The average Bonchev–Trinajstić information content (AvgIpc) is 3.16. The van der Waals surface area contributed by atoms with Gasteiger partial charge < -0.3 is 9.84 Å². The first-order valence-corrected chi connectivity index (χ1v) is 10.8. The maximum atomic E-state index is 12.1. The molecule has 0 radical (unpaired) electrons. The monoisotopic (exact) mass is 482 g/mol. The zero-order valence-corrected chi connectivity index (χ0v) is 18.7. The summed E-state index contributed by atoms with van der Waals surface area (Å²) < 4.78 is 7.36. The van der Waals surface area contributed by atoms with Crippen LogP contribution in [0.3, 0.4) is 0 Å². The number of hydrogen-bond donors (Lipinski definition) is 1. The second-order valence-corrected chi connectivity index (χ2v) is 8.87. The van der Waals surface area contributed by atoms with Crippen LogP contribution in [-0.2, 0) is 5.60 Å². The summed E-state index contributed by atoms with van der Waals surface area (Å²) in [6, 6.07) is 13.7. The number of pyridine rings is 1. The molecule has 0 bridgehead atoms. The molecule has 30 heavy (non-hydrogen) atoms. The second kappa shape index (κ2) is 7.70. The van der Waals surface area contributed by atoms with Gasteiger partial charge in [-0.05, 0) is 30.6 Å². The molecule has 1 aromatic carbocycles. The van der Waals surface area contributed by atoms with E-state index in [1.807, 2.05) is 55.5 Å². The van der Waals surface area contributed by atoms with E-state index in [-0.39, 0.29) is 5.92 Å². The lowest BCUT2D eigenvalue weighted by Crippen LogP contribution is -2.54. The van der Waals surface area contributed by atoms with E-state index in [1.165, 1.54) is 6.20 Å². The number of aliphatic hydroxyl groups is 1. The normalized spacial score (nSPS) is 29.9. The molecule has 6 heteroatoms. The maximum absolute atomic E-state index is 12.1. The molecule has 2 aromatic rings. The number of aromatic nitrogens is 1. The summed E-state index contributed by atoms with van der Waals surface area (Å²) in [5.41, 5.74) is -1.09. The van der Waals surface area contributed by atoms with Gasteiger partial charge in [-0.2, -0.15) is 5.26 Å². The van der Waals surface area contributed by atoms with E-state index in [1.54, 1.807) is 6.07 Å². The molecule has 1 saturated carbocycles. The second-order valence-electron chi connectivity index (χ2n) is 7.52. The summed E-state index contributed by atoms with van der Waals surface area (Å²) in [4.78, 5) is 4.39. The Morgan fingerprint density at radius 3 is 2.80 bits per heavy atom. The number of allylic oxidation sites excluding steroid dienone is 3. The molecular formula is C24H20BrClN2O2. The van der Waals surface area contributed by atoms with Crippen LogP contribution in [0.4, 0.5) is 0 Å². The minimum atomic E-state index is -1.66. The van der Waals surface area contributed by atoms with Crippen molar-refractivity contribution in [2.45, 2.75) is 30.5 Å². The van der Waals surface area contributed by atoms with Crippen molar-refractivity contribution in [2.75, 3.05) is 0 Å². The van der Waals surface area contributed by atoms with Crippen molar-refractivity contribution in [2.24, 2.45) is 5.92 Å². The van der Waals surface area contributed by atoms with Crippen LogP contribution >= 0.6 is 27.5 Å². The van der Waals surface area contributed by atoms with Gasteiger partial charge in [-0.15, -0.1) is 0 Å². The van der Waals surface area contributed by atoms with E-state index >= 15 is 0 Å². The number of nitrogens with zero attached hydrogens (tertiary/aromatic N) is 2. The third-order valence-corrected chi connectivity index (χ3v) is 6.97. The molecule has 152 valence electrons. The highest BCUT2D eigenvalue weighted by Gasteiger charge is 2.73. The van der Waals surface area contributed by atoms with Crippen LogP contribution in [0.25, 0.3) is 0 Å². The Morgan fingerprint density at radius 2 is 2.13 bits per heavy atom. The van der Waals surface area contributed by atoms with Crippen molar-refractivity contribution < 1.29 is 9.84 Å². The highest BCUT2D eigenvalue weighted by molar-refractivity contribution is 9.11. The van der Waals surface area contributed by atoms with Gasteiger partial charge in [-0.1, -0.05) is 76.6 Å². The minimum absolute atomic E-state index is 0.303. The van der Waals surface area contributed by atoms with Crippen LogP contribution in [0.1, 0.15) is 30.5 Å². The number of hydrogen-bond acceptors (Lipinski definition) is 4. The van der Waals surface area contributed by atoms with E-state index < -0.39 is 17.1 Å². The Balaban J connectivity index is 1.97. The van der Waals surface area contributed by atoms with E-state index in [2.05, 4.69) is 33.6 Å².